The molecule has 1 aliphatic rings. The predicted octanol–water partition coefficient (Wildman–Crippen LogP) is 3.01. The molecule has 78 valence electrons. The minimum atomic E-state index is 0.862. The Balaban J connectivity index is 1.76. The van der Waals surface area contributed by atoms with Gasteiger partial charge in [0.2, 0.25) is 0 Å². The molecule has 0 amide bonds. The molecule has 0 aromatic carbocycles. The summed E-state index contributed by atoms with van der Waals surface area (Å²) < 4.78 is 0. The number of aryl methyl sites for hydroxylation is 1. The number of thioether (sulfide) groups is 1. The van der Waals surface area contributed by atoms with Crippen molar-refractivity contribution in [2.45, 2.75) is 19.8 Å². The van der Waals surface area contributed by atoms with Gasteiger partial charge in [-0.1, -0.05) is 0 Å². The zero-order chi connectivity index (χ0) is 9.80. The van der Waals surface area contributed by atoms with Crippen molar-refractivity contribution in [2.24, 2.45) is 5.92 Å². The Morgan fingerprint density at radius 1 is 1.50 bits per heavy atom. The first-order chi connectivity index (χ1) is 6.84. The van der Waals surface area contributed by atoms with Crippen LogP contribution < -0.4 is 5.32 Å². The van der Waals surface area contributed by atoms with E-state index in [9.17, 15) is 0 Å². The summed E-state index contributed by atoms with van der Waals surface area (Å²) in [5, 5.41) is 4.52. The third-order valence-corrected chi connectivity index (χ3v) is 4.42. The van der Waals surface area contributed by atoms with Gasteiger partial charge in [0, 0.05) is 17.6 Å². The first-order valence-electron chi connectivity index (χ1n) is 5.08. The van der Waals surface area contributed by atoms with Crippen LogP contribution in [0.5, 0.6) is 0 Å². The van der Waals surface area contributed by atoms with Crippen molar-refractivity contribution in [3.63, 3.8) is 0 Å². The van der Waals surface area contributed by atoms with Crippen molar-refractivity contribution in [3.05, 3.63) is 11.1 Å². The molecule has 1 aliphatic heterocycles. The van der Waals surface area contributed by atoms with E-state index in [1.54, 1.807) is 11.3 Å². The van der Waals surface area contributed by atoms with Gasteiger partial charge in [0.1, 0.15) is 0 Å². The lowest BCUT2D eigenvalue weighted by Crippen LogP contribution is -2.18. The number of aromatic nitrogens is 1. The molecule has 2 nitrogen and oxygen atoms in total. The molecule has 0 aliphatic carbocycles. The highest BCUT2D eigenvalue weighted by molar-refractivity contribution is 7.99. The minimum Gasteiger partial charge on any atom is -0.361 e. The number of anilines is 1. The molecule has 0 spiro atoms. The highest BCUT2D eigenvalue weighted by atomic mass is 32.2. The van der Waals surface area contributed by atoms with Crippen molar-refractivity contribution in [3.8, 4) is 0 Å². The van der Waals surface area contributed by atoms with Crippen LogP contribution in [0.2, 0.25) is 0 Å². The van der Waals surface area contributed by atoms with E-state index in [0.717, 1.165) is 17.6 Å². The van der Waals surface area contributed by atoms with Crippen LogP contribution in [0.3, 0.4) is 0 Å². The second-order valence-corrected chi connectivity index (χ2v) is 6.17. The van der Waals surface area contributed by atoms with E-state index < -0.39 is 0 Å². The van der Waals surface area contributed by atoms with Gasteiger partial charge < -0.3 is 5.32 Å². The van der Waals surface area contributed by atoms with Gasteiger partial charge in [-0.15, -0.1) is 11.3 Å². The molecular formula is C10H16N2S2. The molecule has 2 heterocycles. The van der Waals surface area contributed by atoms with E-state index >= 15 is 0 Å². The summed E-state index contributed by atoms with van der Waals surface area (Å²) in [5.74, 6) is 3.53. The van der Waals surface area contributed by atoms with Gasteiger partial charge >= 0.3 is 0 Å². The van der Waals surface area contributed by atoms with Gasteiger partial charge in [0.05, 0.1) is 0 Å². The van der Waals surface area contributed by atoms with Gasteiger partial charge in [0.25, 0.3) is 0 Å². The summed E-state index contributed by atoms with van der Waals surface area (Å²) in [6, 6.07) is 0. The van der Waals surface area contributed by atoms with Gasteiger partial charge in [-0.25, -0.2) is 4.98 Å². The molecule has 0 unspecified atom stereocenters. The SMILES string of the molecule is Cc1cnc(NCC2CCSCC2)s1. The van der Waals surface area contributed by atoms with Crippen molar-refractivity contribution in [2.75, 3.05) is 23.4 Å². The standard InChI is InChI=1S/C10H16N2S2/c1-8-6-11-10(14-8)12-7-9-2-4-13-5-3-9/h6,9H,2-5,7H2,1H3,(H,11,12). The monoisotopic (exact) mass is 228 g/mol. The Morgan fingerprint density at radius 2 is 2.29 bits per heavy atom. The third kappa shape index (κ3) is 2.89. The second kappa shape index (κ2) is 5.03. The molecule has 1 fully saturated rings. The van der Waals surface area contributed by atoms with Gasteiger partial charge in [-0.2, -0.15) is 11.8 Å². The van der Waals surface area contributed by atoms with Gasteiger partial charge in [-0.3, -0.25) is 0 Å². The molecule has 1 aromatic rings. The third-order valence-electron chi connectivity index (χ3n) is 2.50. The fraction of sp³-hybridized carbons (Fsp3) is 0.700. The van der Waals surface area contributed by atoms with Gasteiger partial charge in [-0.05, 0) is 37.2 Å². The molecule has 4 heteroatoms. The minimum absolute atomic E-state index is 0.862. The molecule has 2 rings (SSSR count). The Labute approximate surface area is 93.5 Å². The summed E-state index contributed by atoms with van der Waals surface area (Å²) >= 11 is 3.83. The summed E-state index contributed by atoms with van der Waals surface area (Å²) in [7, 11) is 0. The molecule has 0 bridgehead atoms. The summed E-state index contributed by atoms with van der Waals surface area (Å²) in [6.45, 7) is 3.20. The van der Waals surface area contributed by atoms with E-state index in [1.807, 2.05) is 6.20 Å². The Hall–Kier alpha value is -0.220. The lowest BCUT2D eigenvalue weighted by Gasteiger charge is -2.21. The fourth-order valence-electron chi connectivity index (χ4n) is 1.62. The van der Waals surface area contributed by atoms with Gasteiger partial charge in [0.15, 0.2) is 5.13 Å². The zero-order valence-corrected chi connectivity index (χ0v) is 10.1. The van der Waals surface area contributed by atoms with Crippen LogP contribution in [0.15, 0.2) is 6.20 Å². The second-order valence-electron chi connectivity index (χ2n) is 3.71. The van der Waals surface area contributed by atoms with E-state index in [0.29, 0.717) is 0 Å². The first kappa shape index (κ1) is 10.3. The van der Waals surface area contributed by atoms with Crippen molar-refractivity contribution >= 4 is 28.2 Å². The van der Waals surface area contributed by atoms with Crippen LogP contribution >= 0.6 is 23.1 Å². The van der Waals surface area contributed by atoms with Crippen molar-refractivity contribution in [1.82, 2.24) is 4.98 Å². The van der Waals surface area contributed by atoms with E-state index in [4.69, 9.17) is 0 Å². The maximum Gasteiger partial charge on any atom is 0.182 e. The number of hydrogen-bond acceptors (Lipinski definition) is 4. The van der Waals surface area contributed by atoms with E-state index in [1.165, 1.54) is 29.2 Å². The maximum atomic E-state index is 4.30. The molecular weight excluding hydrogens is 212 g/mol. The van der Waals surface area contributed by atoms with Crippen LogP contribution in [-0.2, 0) is 0 Å². The molecule has 0 atom stereocenters. The summed E-state index contributed by atoms with van der Waals surface area (Å²) in [4.78, 5) is 5.59. The number of nitrogens with one attached hydrogen (secondary N) is 1. The van der Waals surface area contributed by atoms with E-state index in [-0.39, 0.29) is 0 Å². The normalized spacial score (nSPS) is 18.4. The van der Waals surface area contributed by atoms with Crippen LogP contribution in [0.1, 0.15) is 17.7 Å². The van der Waals surface area contributed by atoms with Crippen LogP contribution in [-0.4, -0.2) is 23.0 Å². The molecule has 1 aromatic heterocycles. The smallest absolute Gasteiger partial charge is 0.182 e. The zero-order valence-electron chi connectivity index (χ0n) is 8.45. The highest BCUT2D eigenvalue weighted by Crippen LogP contribution is 2.24. The molecule has 0 saturated carbocycles. The van der Waals surface area contributed by atoms with E-state index in [2.05, 4.69) is 29.0 Å². The topological polar surface area (TPSA) is 24.9 Å². The number of nitrogens with zero attached hydrogens (tertiary/aromatic N) is 1. The predicted molar refractivity (Wildman–Crippen MR) is 65.4 cm³/mol. The van der Waals surface area contributed by atoms with Crippen LogP contribution in [0.25, 0.3) is 0 Å². The Bertz CT molecular complexity index is 279. The number of hydrogen-bond donors (Lipinski definition) is 1. The Kier molecular flexibility index (Phi) is 3.70. The first-order valence-corrected chi connectivity index (χ1v) is 7.06. The number of rotatable bonds is 3. The maximum absolute atomic E-state index is 4.30. The molecule has 1 N–H and O–H groups in total. The van der Waals surface area contributed by atoms with Crippen LogP contribution in [0.4, 0.5) is 5.13 Å². The highest BCUT2D eigenvalue weighted by Gasteiger charge is 2.13. The molecule has 0 radical (unpaired) electrons. The fourth-order valence-corrected chi connectivity index (χ4v) is 3.49. The average molecular weight is 228 g/mol. The van der Waals surface area contributed by atoms with Crippen molar-refractivity contribution in [1.29, 1.82) is 0 Å². The lowest BCUT2D eigenvalue weighted by atomic mass is 10.0. The summed E-state index contributed by atoms with van der Waals surface area (Å²) in [6.07, 6.45) is 4.66. The molecule has 1 saturated heterocycles. The lowest BCUT2D eigenvalue weighted by molar-refractivity contribution is 0.516. The quantitative estimate of drug-likeness (QED) is 0.861. The Morgan fingerprint density at radius 3 is 2.93 bits per heavy atom. The average Bonchev–Trinajstić information content (AvgIpc) is 2.63. The number of thiazole rings is 1. The largest absolute Gasteiger partial charge is 0.361 e. The van der Waals surface area contributed by atoms with Crippen molar-refractivity contribution < 1.29 is 0 Å². The molecule has 14 heavy (non-hydrogen) atoms. The van der Waals surface area contributed by atoms with Crippen LogP contribution in [0, 0.1) is 12.8 Å². The summed E-state index contributed by atoms with van der Waals surface area (Å²) in [5.41, 5.74) is 0.